The molecular formula is C19H24N2O4. The van der Waals surface area contributed by atoms with Crippen LogP contribution in [0.1, 0.15) is 37.7 Å². The Morgan fingerprint density at radius 1 is 1.12 bits per heavy atom. The van der Waals surface area contributed by atoms with Crippen LogP contribution in [0.3, 0.4) is 0 Å². The SMILES string of the molecule is COc1ccc(CNC(=O)CCN2C(=O)C3CCCCC3C2=O)cc1. The normalized spacial score (nSPS) is 22.7. The van der Waals surface area contributed by atoms with Gasteiger partial charge in [-0.05, 0) is 30.5 Å². The maximum atomic E-state index is 12.4. The van der Waals surface area contributed by atoms with Gasteiger partial charge in [-0.25, -0.2) is 0 Å². The third-order valence-corrected chi connectivity index (χ3v) is 5.14. The highest BCUT2D eigenvalue weighted by Crippen LogP contribution is 2.37. The first kappa shape index (κ1) is 17.5. The summed E-state index contributed by atoms with van der Waals surface area (Å²) in [6.07, 6.45) is 3.77. The van der Waals surface area contributed by atoms with Crippen LogP contribution in [0.4, 0.5) is 0 Å². The van der Waals surface area contributed by atoms with Crippen molar-refractivity contribution < 1.29 is 19.1 Å². The van der Waals surface area contributed by atoms with Gasteiger partial charge in [-0.3, -0.25) is 19.3 Å². The molecule has 1 saturated carbocycles. The number of likely N-dealkylation sites (tertiary alicyclic amines) is 1. The molecule has 6 nitrogen and oxygen atoms in total. The molecule has 0 aromatic heterocycles. The van der Waals surface area contributed by atoms with E-state index in [2.05, 4.69) is 5.32 Å². The molecule has 0 bridgehead atoms. The molecule has 2 aliphatic rings. The second-order valence-corrected chi connectivity index (χ2v) is 6.70. The number of imide groups is 1. The van der Waals surface area contributed by atoms with Crippen molar-refractivity contribution in [2.75, 3.05) is 13.7 Å². The first-order valence-corrected chi connectivity index (χ1v) is 8.85. The zero-order valence-corrected chi connectivity index (χ0v) is 14.5. The highest BCUT2D eigenvalue weighted by molar-refractivity contribution is 6.05. The molecule has 2 unspecified atom stereocenters. The fraction of sp³-hybridized carbons (Fsp3) is 0.526. The van der Waals surface area contributed by atoms with Crippen molar-refractivity contribution in [3.63, 3.8) is 0 Å². The second kappa shape index (κ2) is 7.68. The number of ether oxygens (including phenoxy) is 1. The van der Waals surface area contributed by atoms with Crippen LogP contribution in [0.2, 0.25) is 0 Å². The van der Waals surface area contributed by atoms with Gasteiger partial charge in [-0.15, -0.1) is 0 Å². The molecule has 1 saturated heterocycles. The Labute approximate surface area is 147 Å². The van der Waals surface area contributed by atoms with Crippen molar-refractivity contribution in [1.82, 2.24) is 10.2 Å². The van der Waals surface area contributed by atoms with E-state index in [9.17, 15) is 14.4 Å². The summed E-state index contributed by atoms with van der Waals surface area (Å²) >= 11 is 0. The summed E-state index contributed by atoms with van der Waals surface area (Å²) < 4.78 is 5.09. The summed E-state index contributed by atoms with van der Waals surface area (Å²) in [6, 6.07) is 7.45. The molecule has 1 N–H and O–H groups in total. The van der Waals surface area contributed by atoms with E-state index in [0.29, 0.717) is 6.54 Å². The summed E-state index contributed by atoms with van der Waals surface area (Å²) in [5, 5.41) is 2.82. The van der Waals surface area contributed by atoms with E-state index in [-0.39, 0.29) is 42.5 Å². The Morgan fingerprint density at radius 3 is 2.28 bits per heavy atom. The van der Waals surface area contributed by atoms with Crippen LogP contribution in [0, 0.1) is 11.8 Å². The van der Waals surface area contributed by atoms with Gasteiger partial charge in [0.25, 0.3) is 0 Å². The van der Waals surface area contributed by atoms with Crippen molar-refractivity contribution in [2.45, 2.75) is 38.6 Å². The number of methoxy groups -OCH3 is 1. The third kappa shape index (κ3) is 3.83. The summed E-state index contributed by atoms with van der Waals surface area (Å²) in [5.74, 6) is 0.136. The first-order chi connectivity index (χ1) is 12.1. The Hall–Kier alpha value is -2.37. The summed E-state index contributed by atoms with van der Waals surface area (Å²) in [6.45, 7) is 0.592. The number of hydrogen-bond acceptors (Lipinski definition) is 4. The van der Waals surface area contributed by atoms with Gasteiger partial charge in [0, 0.05) is 19.5 Å². The van der Waals surface area contributed by atoms with Crippen LogP contribution < -0.4 is 10.1 Å². The van der Waals surface area contributed by atoms with Crippen LogP contribution in [0.15, 0.2) is 24.3 Å². The van der Waals surface area contributed by atoms with Crippen molar-refractivity contribution in [1.29, 1.82) is 0 Å². The number of rotatable bonds is 6. The molecule has 1 aliphatic heterocycles. The molecule has 2 atom stereocenters. The molecule has 0 radical (unpaired) electrons. The molecular weight excluding hydrogens is 320 g/mol. The predicted octanol–water partition coefficient (Wildman–Crippen LogP) is 1.88. The number of carbonyl (C=O) groups is 3. The zero-order chi connectivity index (χ0) is 17.8. The van der Waals surface area contributed by atoms with Gasteiger partial charge in [-0.2, -0.15) is 0 Å². The number of benzene rings is 1. The van der Waals surface area contributed by atoms with Crippen LogP contribution in [-0.4, -0.2) is 36.3 Å². The maximum Gasteiger partial charge on any atom is 0.233 e. The van der Waals surface area contributed by atoms with Crippen molar-refractivity contribution in [3.8, 4) is 5.75 Å². The van der Waals surface area contributed by atoms with Gasteiger partial charge in [0.1, 0.15) is 5.75 Å². The highest BCUT2D eigenvalue weighted by atomic mass is 16.5. The molecule has 2 fully saturated rings. The van der Waals surface area contributed by atoms with Crippen molar-refractivity contribution in [3.05, 3.63) is 29.8 Å². The number of fused-ring (bicyclic) bond motifs is 1. The van der Waals surface area contributed by atoms with E-state index in [1.165, 1.54) is 4.90 Å². The zero-order valence-electron chi connectivity index (χ0n) is 14.5. The van der Waals surface area contributed by atoms with Crippen LogP contribution in [0.25, 0.3) is 0 Å². The van der Waals surface area contributed by atoms with E-state index in [1.807, 2.05) is 24.3 Å². The fourth-order valence-corrected chi connectivity index (χ4v) is 3.70. The van der Waals surface area contributed by atoms with Gasteiger partial charge < -0.3 is 10.1 Å². The molecule has 3 amide bonds. The standard InChI is InChI=1S/C19H24N2O4/c1-25-14-8-6-13(7-9-14)12-20-17(22)10-11-21-18(23)15-4-2-3-5-16(15)19(21)24/h6-9,15-16H,2-5,10-12H2,1H3,(H,20,22). The summed E-state index contributed by atoms with van der Waals surface area (Å²) in [5.41, 5.74) is 0.966. The first-order valence-electron chi connectivity index (χ1n) is 8.85. The lowest BCUT2D eigenvalue weighted by Gasteiger charge is -2.19. The molecule has 134 valence electrons. The Bertz CT molecular complexity index is 632. The topological polar surface area (TPSA) is 75.7 Å². The minimum absolute atomic E-state index is 0.0855. The number of amides is 3. The largest absolute Gasteiger partial charge is 0.497 e. The summed E-state index contributed by atoms with van der Waals surface area (Å²) in [4.78, 5) is 38.1. The highest BCUT2D eigenvalue weighted by Gasteiger charge is 2.47. The van der Waals surface area contributed by atoms with Crippen molar-refractivity contribution in [2.24, 2.45) is 11.8 Å². The number of carbonyl (C=O) groups excluding carboxylic acids is 3. The smallest absolute Gasteiger partial charge is 0.233 e. The molecule has 0 spiro atoms. The van der Waals surface area contributed by atoms with Gasteiger partial charge in [0.2, 0.25) is 17.7 Å². The summed E-state index contributed by atoms with van der Waals surface area (Å²) in [7, 11) is 1.61. The van der Waals surface area contributed by atoms with E-state index < -0.39 is 0 Å². The lowest BCUT2D eigenvalue weighted by atomic mass is 9.81. The lowest BCUT2D eigenvalue weighted by Crippen LogP contribution is -2.35. The molecule has 3 rings (SSSR count). The monoisotopic (exact) mass is 344 g/mol. The minimum atomic E-state index is -0.161. The second-order valence-electron chi connectivity index (χ2n) is 6.70. The Kier molecular flexibility index (Phi) is 5.36. The molecule has 25 heavy (non-hydrogen) atoms. The van der Waals surface area contributed by atoms with Crippen LogP contribution in [0.5, 0.6) is 5.75 Å². The molecule has 1 heterocycles. The van der Waals surface area contributed by atoms with Crippen LogP contribution in [-0.2, 0) is 20.9 Å². The molecule has 1 aromatic carbocycles. The molecule has 1 aliphatic carbocycles. The van der Waals surface area contributed by atoms with Crippen LogP contribution >= 0.6 is 0 Å². The van der Waals surface area contributed by atoms with E-state index in [0.717, 1.165) is 37.0 Å². The third-order valence-electron chi connectivity index (χ3n) is 5.14. The van der Waals surface area contributed by atoms with Gasteiger partial charge in [0.15, 0.2) is 0 Å². The minimum Gasteiger partial charge on any atom is -0.497 e. The predicted molar refractivity (Wildman–Crippen MR) is 91.6 cm³/mol. The maximum absolute atomic E-state index is 12.4. The van der Waals surface area contributed by atoms with Gasteiger partial charge in [0.05, 0.1) is 18.9 Å². The number of nitrogens with one attached hydrogen (secondary N) is 1. The Balaban J connectivity index is 1.47. The van der Waals surface area contributed by atoms with Crippen molar-refractivity contribution >= 4 is 17.7 Å². The van der Waals surface area contributed by atoms with E-state index >= 15 is 0 Å². The lowest BCUT2D eigenvalue weighted by molar-refractivity contribution is -0.140. The van der Waals surface area contributed by atoms with Gasteiger partial charge in [-0.1, -0.05) is 25.0 Å². The average molecular weight is 344 g/mol. The van der Waals surface area contributed by atoms with E-state index in [4.69, 9.17) is 4.74 Å². The molecule has 1 aromatic rings. The quantitative estimate of drug-likeness (QED) is 0.800. The Morgan fingerprint density at radius 2 is 1.72 bits per heavy atom. The average Bonchev–Trinajstić information content (AvgIpc) is 2.89. The van der Waals surface area contributed by atoms with Gasteiger partial charge >= 0.3 is 0 Å². The molecule has 6 heteroatoms. The van der Waals surface area contributed by atoms with E-state index in [1.54, 1.807) is 7.11 Å². The number of hydrogen-bond donors (Lipinski definition) is 1. The fourth-order valence-electron chi connectivity index (χ4n) is 3.70. The number of nitrogens with zero attached hydrogens (tertiary/aromatic N) is 1.